The average molecular weight is 536 g/mol. The molecule has 2 aromatic rings. The Labute approximate surface area is 228 Å². The van der Waals surface area contributed by atoms with Gasteiger partial charge in [-0.3, -0.25) is 19.4 Å². The van der Waals surface area contributed by atoms with Gasteiger partial charge in [0.1, 0.15) is 0 Å². The molecule has 208 valence electrons. The smallest absolute Gasteiger partial charge is 0.273 e. The molecule has 1 aromatic heterocycles. The van der Waals surface area contributed by atoms with Gasteiger partial charge >= 0.3 is 0 Å². The fourth-order valence-electron chi connectivity index (χ4n) is 4.85. The summed E-state index contributed by atoms with van der Waals surface area (Å²) >= 11 is 0. The van der Waals surface area contributed by atoms with Gasteiger partial charge in [-0.25, -0.2) is 0 Å². The van der Waals surface area contributed by atoms with Crippen LogP contribution in [0.5, 0.6) is 0 Å². The van der Waals surface area contributed by atoms with Crippen molar-refractivity contribution in [2.24, 2.45) is 5.73 Å². The molecule has 2 aliphatic heterocycles. The Morgan fingerprint density at radius 3 is 2.59 bits per heavy atom. The van der Waals surface area contributed by atoms with Crippen molar-refractivity contribution in [2.45, 2.75) is 31.3 Å². The van der Waals surface area contributed by atoms with Crippen LogP contribution in [-0.4, -0.2) is 113 Å². The molecule has 1 atom stereocenters. The molecule has 2 amide bonds. The molecule has 5 rings (SSSR count). The van der Waals surface area contributed by atoms with E-state index in [-0.39, 0.29) is 23.5 Å². The van der Waals surface area contributed by atoms with Crippen molar-refractivity contribution in [3.63, 3.8) is 0 Å². The van der Waals surface area contributed by atoms with Crippen LogP contribution in [0.1, 0.15) is 40.1 Å². The maximum Gasteiger partial charge on any atom is 0.273 e. The van der Waals surface area contributed by atoms with Crippen LogP contribution in [-0.2, 0) is 4.74 Å². The van der Waals surface area contributed by atoms with Crippen molar-refractivity contribution in [2.75, 3.05) is 70.2 Å². The summed E-state index contributed by atoms with van der Waals surface area (Å²) in [6.07, 6.45) is 8.08. The zero-order valence-electron chi connectivity index (χ0n) is 22.4. The lowest BCUT2D eigenvalue weighted by Gasteiger charge is -2.26. The number of amides is 2. The predicted molar refractivity (Wildman–Crippen MR) is 148 cm³/mol. The van der Waals surface area contributed by atoms with Gasteiger partial charge < -0.3 is 26.0 Å². The number of likely N-dealkylation sites (tertiary alicyclic amines) is 1. The maximum absolute atomic E-state index is 12.7. The zero-order valence-corrected chi connectivity index (χ0v) is 22.4. The van der Waals surface area contributed by atoms with Gasteiger partial charge in [0.2, 0.25) is 5.95 Å². The zero-order chi connectivity index (χ0) is 27.2. The summed E-state index contributed by atoms with van der Waals surface area (Å²) in [5.74, 6) is -0.223. The number of rotatable bonds is 11. The number of morpholine rings is 1. The summed E-state index contributed by atoms with van der Waals surface area (Å²) in [6.45, 7) is 6.01. The number of likely N-dealkylation sites (N-methyl/N-ethyl adjacent to an activating group) is 1. The lowest BCUT2D eigenvalue weighted by atomic mass is 10.1. The van der Waals surface area contributed by atoms with E-state index in [2.05, 4.69) is 54.8 Å². The fraction of sp³-hybridized carbons (Fsp3) is 0.519. The summed E-state index contributed by atoms with van der Waals surface area (Å²) < 4.78 is 5.32. The third-order valence-corrected chi connectivity index (χ3v) is 7.31. The second-order valence-electron chi connectivity index (χ2n) is 10.3. The van der Waals surface area contributed by atoms with E-state index in [0.29, 0.717) is 43.5 Å². The number of benzene rings is 1. The largest absolute Gasteiger partial charge is 0.378 e. The minimum atomic E-state index is -0.727. The number of aromatic nitrogens is 3. The van der Waals surface area contributed by atoms with Gasteiger partial charge in [-0.05, 0) is 50.6 Å². The molecule has 0 radical (unpaired) electrons. The van der Waals surface area contributed by atoms with Crippen molar-refractivity contribution in [3.05, 3.63) is 47.7 Å². The Kier molecular flexibility index (Phi) is 8.64. The van der Waals surface area contributed by atoms with Gasteiger partial charge in [-0.15, -0.1) is 10.2 Å². The number of nitrogens with one attached hydrogen (secondary N) is 2. The van der Waals surface area contributed by atoms with Crippen molar-refractivity contribution < 1.29 is 14.3 Å². The van der Waals surface area contributed by atoms with Gasteiger partial charge in [-0.2, -0.15) is 4.98 Å². The topological polar surface area (TPSA) is 142 Å². The molecule has 2 saturated heterocycles. The van der Waals surface area contributed by atoms with Gasteiger partial charge in [-0.1, -0.05) is 12.2 Å². The van der Waals surface area contributed by atoms with Crippen molar-refractivity contribution >= 4 is 29.3 Å². The van der Waals surface area contributed by atoms with Crippen LogP contribution in [0.4, 0.5) is 17.5 Å². The van der Waals surface area contributed by atoms with Gasteiger partial charge in [0.25, 0.3) is 11.8 Å². The van der Waals surface area contributed by atoms with Crippen LogP contribution >= 0.6 is 0 Å². The normalized spacial score (nSPS) is 20.1. The molecule has 39 heavy (non-hydrogen) atoms. The number of nitrogens with zero attached hydrogens (tertiary/aromatic N) is 6. The first kappa shape index (κ1) is 27.0. The fourth-order valence-corrected chi connectivity index (χ4v) is 4.85. The molecule has 1 saturated carbocycles. The molecule has 3 heterocycles. The highest BCUT2D eigenvalue weighted by Crippen LogP contribution is 2.25. The first-order valence-corrected chi connectivity index (χ1v) is 13.6. The van der Waals surface area contributed by atoms with Crippen LogP contribution < -0.4 is 16.4 Å². The minimum absolute atomic E-state index is 0.0374. The predicted octanol–water partition coefficient (Wildman–Crippen LogP) is 1.32. The third-order valence-electron chi connectivity index (χ3n) is 7.31. The van der Waals surface area contributed by atoms with Crippen LogP contribution in [0.3, 0.4) is 0 Å². The Morgan fingerprint density at radius 2 is 1.87 bits per heavy atom. The summed E-state index contributed by atoms with van der Waals surface area (Å²) in [5, 5.41) is 14.6. The Bertz CT molecular complexity index is 1180. The van der Waals surface area contributed by atoms with E-state index >= 15 is 0 Å². The highest BCUT2D eigenvalue weighted by molar-refractivity contribution is 5.97. The standard InChI is InChI=1S/C27H37N9O3/c1-34(22-8-9-22)11-2-3-12-35-13-10-21(18-35)30-27-31-25(23(24(28)37)32-33-27)29-20-6-4-19(5-7-20)26(38)36-14-16-39-17-15-36/h2-7,21-22H,8-18H2,1H3,(H2,28,37)(H2,29,30,31,33)/b3-2+/t21-/m1/s1. The number of carbonyl (C=O) groups is 2. The van der Waals surface area contributed by atoms with E-state index in [0.717, 1.165) is 38.6 Å². The molecule has 1 aliphatic carbocycles. The Hall–Kier alpha value is -3.61. The molecule has 1 aromatic carbocycles. The maximum atomic E-state index is 12.7. The number of primary amides is 1. The molecule has 3 aliphatic rings. The van der Waals surface area contributed by atoms with Crippen LogP contribution in [0.2, 0.25) is 0 Å². The lowest BCUT2D eigenvalue weighted by Crippen LogP contribution is -2.40. The van der Waals surface area contributed by atoms with Crippen LogP contribution in [0, 0.1) is 0 Å². The first-order chi connectivity index (χ1) is 19.0. The molecule has 0 bridgehead atoms. The minimum Gasteiger partial charge on any atom is -0.378 e. The Balaban J connectivity index is 1.17. The molecule has 0 unspecified atom stereocenters. The summed E-state index contributed by atoms with van der Waals surface area (Å²) in [4.78, 5) is 35.8. The van der Waals surface area contributed by atoms with E-state index in [1.54, 1.807) is 29.2 Å². The highest BCUT2D eigenvalue weighted by atomic mass is 16.5. The first-order valence-electron chi connectivity index (χ1n) is 13.6. The molecule has 3 fully saturated rings. The Morgan fingerprint density at radius 1 is 1.10 bits per heavy atom. The van der Waals surface area contributed by atoms with Crippen LogP contribution in [0.15, 0.2) is 36.4 Å². The van der Waals surface area contributed by atoms with E-state index in [1.165, 1.54) is 12.8 Å². The number of nitrogens with two attached hydrogens (primary N) is 1. The number of ether oxygens (including phenoxy) is 1. The quantitative estimate of drug-likeness (QED) is 0.361. The SMILES string of the molecule is CN(C/C=C/CN1CC[C@@H](Nc2nnc(C(N)=O)c(Nc3ccc(C(=O)N4CCOCC4)cc3)n2)C1)C1CC1. The van der Waals surface area contributed by atoms with Gasteiger partial charge in [0, 0.05) is 62.6 Å². The molecule has 12 nitrogen and oxygen atoms in total. The number of anilines is 3. The van der Waals surface area contributed by atoms with Crippen LogP contribution in [0.25, 0.3) is 0 Å². The van der Waals surface area contributed by atoms with E-state index in [4.69, 9.17) is 10.5 Å². The summed E-state index contributed by atoms with van der Waals surface area (Å²) in [7, 11) is 2.18. The summed E-state index contributed by atoms with van der Waals surface area (Å²) in [5.41, 5.74) is 6.70. The second-order valence-corrected chi connectivity index (χ2v) is 10.3. The monoisotopic (exact) mass is 535 g/mol. The third kappa shape index (κ3) is 7.28. The molecule has 12 heteroatoms. The van der Waals surface area contributed by atoms with E-state index in [1.807, 2.05) is 0 Å². The van der Waals surface area contributed by atoms with E-state index < -0.39 is 5.91 Å². The van der Waals surface area contributed by atoms with Crippen molar-refractivity contribution in [1.29, 1.82) is 0 Å². The molecular weight excluding hydrogens is 498 g/mol. The average Bonchev–Trinajstić information content (AvgIpc) is 3.71. The number of hydrogen-bond acceptors (Lipinski definition) is 10. The van der Waals surface area contributed by atoms with Crippen molar-refractivity contribution in [1.82, 2.24) is 29.9 Å². The van der Waals surface area contributed by atoms with Gasteiger partial charge in [0.15, 0.2) is 11.5 Å². The molecule has 0 spiro atoms. The van der Waals surface area contributed by atoms with Crippen molar-refractivity contribution in [3.8, 4) is 0 Å². The molecular formula is C27H37N9O3. The molecule has 4 N–H and O–H groups in total. The highest BCUT2D eigenvalue weighted by Gasteiger charge is 2.26. The summed E-state index contributed by atoms with van der Waals surface area (Å²) in [6, 6.07) is 7.95. The number of hydrogen-bond donors (Lipinski definition) is 3. The second kappa shape index (κ2) is 12.5. The number of carbonyl (C=O) groups excluding carboxylic acids is 2. The lowest BCUT2D eigenvalue weighted by molar-refractivity contribution is 0.0303. The van der Waals surface area contributed by atoms with E-state index in [9.17, 15) is 9.59 Å². The van der Waals surface area contributed by atoms with Gasteiger partial charge in [0.05, 0.1) is 13.2 Å².